The molecule has 2 aromatic carbocycles. The van der Waals surface area contributed by atoms with Crippen molar-refractivity contribution in [3.8, 4) is 5.75 Å². The number of benzene rings is 2. The molecular formula is C22H24O2. The smallest absolute Gasteiger partial charge is 0.189 e. The Morgan fingerprint density at radius 2 is 1.79 bits per heavy atom. The zero-order valence-electron chi connectivity index (χ0n) is 14.4. The molecule has 0 N–H and O–H groups in total. The lowest BCUT2D eigenvalue weighted by molar-refractivity contribution is 0.102. The van der Waals surface area contributed by atoms with Gasteiger partial charge in [-0.05, 0) is 54.5 Å². The van der Waals surface area contributed by atoms with Crippen LogP contribution in [0.1, 0.15) is 48.2 Å². The van der Waals surface area contributed by atoms with Gasteiger partial charge in [0, 0.05) is 11.1 Å². The van der Waals surface area contributed by atoms with E-state index >= 15 is 0 Å². The zero-order valence-corrected chi connectivity index (χ0v) is 14.4. The van der Waals surface area contributed by atoms with Crippen LogP contribution in [0.3, 0.4) is 0 Å². The van der Waals surface area contributed by atoms with Crippen LogP contribution in [0.2, 0.25) is 0 Å². The fourth-order valence-electron chi connectivity index (χ4n) is 2.93. The molecule has 0 aromatic heterocycles. The topological polar surface area (TPSA) is 26.3 Å². The summed E-state index contributed by atoms with van der Waals surface area (Å²) >= 11 is 0. The minimum absolute atomic E-state index is 0.161. The van der Waals surface area contributed by atoms with Crippen LogP contribution < -0.4 is 4.74 Å². The first-order chi connectivity index (χ1) is 11.6. The van der Waals surface area contributed by atoms with Crippen LogP contribution in [0.25, 0.3) is 6.08 Å². The largest absolute Gasteiger partial charge is 0.494 e. The molecule has 0 atom stereocenters. The van der Waals surface area contributed by atoms with Crippen molar-refractivity contribution in [3.63, 3.8) is 0 Å². The van der Waals surface area contributed by atoms with Crippen molar-refractivity contribution in [1.82, 2.24) is 0 Å². The maximum atomic E-state index is 12.6. The Morgan fingerprint density at radius 1 is 1.04 bits per heavy atom. The standard InChI is InChI=1S/C22H24O2/c1-16(2)13-14-24-20-11-7-17(8-12-20)15-19-10-9-18-5-3-4-6-21(18)22(19)23/h3-8,11-12,15-16H,9-10,13-14H2,1-2H3. The summed E-state index contributed by atoms with van der Waals surface area (Å²) in [4.78, 5) is 12.6. The van der Waals surface area contributed by atoms with Crippen molar-refractivity contribution in [2.24, 2.45) is 5.92 Å². The maximum absolute atomic E-state index is 12.6. The Kier molecular flexibility index (Phi) is 5.14. The van der Waals surface area contributed by atoms with Gasteiger partial charge < -0.3 is 4.74 Å². The molecule has 0 radical (unpaired) electrons. The van der Waals surface area contributed by atoms with Gasteiger partial charge in [-0.1, -0.05) is 50.2 Å². The van der Waals surface area contributed by atoms with Gasteiger partial charge in [-0.15, -0.1) is 0 Å². The van der Waals surface area contributed by atoms with Gasteiger partial charge >= 0.3 is 0 Å². The van der Waals surface area contributed by atoms with E-state index in [2.05, 4.69) is 13.8 Å². The van der Waals surface area contributed by atoms with Crippen molar-refractivity contribution < 1.29 is 9.53 Å². The molecule has 0 saturated heterocycles. The lowest BCUT2D eigenvalue weighted by Crippen LogP contribution is -2.13. The van der Waals surface area contributed by atoms with E-state index in [1.807, 2.05) is 54.6 Å². The SMILES string of the molecule is CC(C)CCOc1ccc(C=C2CCc3ccccc3C2=O)cc1. The molecule has 1 aliphatic rings. The van der Waals surface area contributed by atoms with Crippen molar-refractivity contribution in [2.75, 3.05) is 6.61 Å². The number of allylic oxidation sites excluding steroid dienone is 1. The van der Waals surface area contributed by atoms with Gasteiger partial charge in [0.2, 0.25) is 0 Å². The van der Waals surface area contributed by atoms with Gasteiger partial charge in [0.25, 0.3) is 0 Å². The third kappa shape index (κ3) is 3.94. The molecule has 0 bridgehead atoms. The summed E-state index contributed by atoms with van der Waals surface area (Å²) in [7, 11) is 0. The average Bonchev–Trinajstić information content (AvgIpc) is 2.59. The van der Waals surface area contributed by atoms with E-state index in [1.165, 1.54) is 0 Å². The number of ether oxygens (including phenoxy) is 1. The molecule has 3 rings (SSSR count). The average molecular weight is 320 g/mol. The van der Waals surface area contributed by atoms with Gasteiger partial charge in [-0.2, -0.15) is 0 Å². The number of carbonyl (C=O) groups is 1. The summed E-state index contributed by atoms with van der Waals surface area (Å²) in [5.41, 5.74) is 3.95. The quantitative estimate of drug-likeness (QED) is 0.697. The van der Waals surface area contributed by atoms with E-state index in [-0.39, 0.29) is 5.78 Å². The van der Waals surface area contributed by atoms with Crippen LogP contribution in [-0.2, 0) is 6.42 Å². The van der Waals surface area contributed by atoms with Gasteiger partial charge in [0.15, 0.2) is 5.78 Å². The summed E-state index contributed by atoms with van der Waals surface area (Å²) in [6.07, 6.45) is 4.81. The molecule has 0 amide bonds. The minimum Gasteiger partial charge on any atom is -0.494 e. The van der Waals surface area contributed by atoms with E-state index in [1.54, 1.807) is 0 Å². The summed E-state index contributed by atoms with van der Waals surface area (Å²) in [5, 5.41) is 0. The minimum atomic E-state index is 0.161. The Hall–Kier alpha value is -2.35. The van der Waals surface area contributed by atoms with Crippen LogP contribution >= 0.6 is 0 Å². The van der Waals surface area contributed by atoms with Crippen LogP contribution in [0.15, 0.2) is 54.1 Å². The Labute approximate surface area is 144 Å². The van der Waals surface area contributed by atoms with Crippen LogP contribution in [0.4, 0.5) is 0 Å². The van der Waals surface area contributed by atoms with Gasteiger partial charge in [-0.3, -0.25) is 4.79 Å². The van der Waals surface area contributed by atoms with Crippen molar-refractivity contribution >= 4 is 11.9 Å². The third-order valence-corrected chi connectivity index (χ3v) is 4.40. The Balaban J connectivity index is 1.69. The number of hydrogen-bond donors (Lipinski definition) is 0. The molecule has 0 aliphatic heterocycles. The molecule has 0 spiro atoms. The molecule has 2 heteroatoms. The second kappa shape index (κ2) is 7.48. The first-order valence-electron chi connectivity index (χ1n) is 8.69. The molecule has 0 fully saturated rings. The maximum Gasteiger partial charge on any atom is 0.189 e. The second-order valence-electron chi connectivity index (χ2n) is 6.76. The van der Waals surface area contributed by atoms with E-state index in [0.29, 0.717) is 5.92 Å². The summed E-state index contributed by atoms with van der Waals surface area (Å²) < 4.78 is 5.74. The van der Waals surface area contributed by atoms with E-state index in [9.17, 15) is 4.79 Å². The first-order valence-corrected chi connectivity index (χ1v) is 8.69. The highest BCUT2D eigenvalue weighted by Crippen LogP contribution is 2.27. The highest BCUT2D eigenvalue weighted by molar-refractivity contribution is 6.13. The van der Waals surface area contributed by atoms with Crippen molar-refractivity contribution in [3.05, 3.63) is 70.8 Å². The highest BCUT2D eigenvalue weighted by Gasteiger charge is 2.20. The van der Waals surface area contributed by atoms with Crippen LogP contribution in [0.5, 0.6) is 5.75 Å². The number of Topliss-reactive ketones (excluding diaryl/α,β-unsaturated/α-hetero) is 1. The zero-order chi connectivity index (χ0) is 16.9. The number of ketones is 1. The van der Waals surface area contributed by atoms with Crippen LogP contribution in [0, 0.1) is 5.92 Å². The van der Waals surface area contributed by atoms with Crippen LogP contribution in [-0.4, -0.2) is 12.4 Å². The highest BCUT2D eigenvalue weighted by atomic mass is 16.5. The lowest BCUT2D eigenvalue weighted by atomic mass is 9.86. The van der Waals surface area contributed by atoms with Gasteiger partial charge in [0.1, 0.15) is 5.75 Å². The Bertz CT molecular complexity index is 739. The molecule has 124 valence electrons. The van der Waals surface area contributed by atoms with E-state index in [4.69, 9.17) is 4.74 Å². The van der Waals surface area contributed by atoms with Crippen molar-refractivity contribution in [2.45, 2.75) is 33.1 Å². The number of fused-ring (bicyclic) bond motifs is 1. The van der Waals surface area contributed by atoms with Gasteiger partial charge in [0.05, 0.1) is 6.61 Å². The normalized spacial score (nSPS) is 15.6. The molecule has 0 saturated carbocycles. The molecule has 2 nitrogen and oxygen atoms in total. The number of carbonyl (C=O) groups excluding carboxylic acids is 1. The van der Waals surface area contributed by atoms with Gasteiger partial charge in [-0.25, -0.2) is 0 Å². The summed E-state index contributed by atoms with van der Waals surface area (Å²) in [5.74, 6) is 1.70. The predicted molar refractivity (Wildman–Crippen MR) is 98.5 cm³/mol. The van der Waals surface area contributed by atoms with Crippen molar-refractivity contribution in [1.29, 1.82) is 0 Å². The number of rotatable bonds is 5. The fraction of sp³-hybridized carbons (Fsp3) is 0.318. The molecule has 0 heterocycles. The Morgan fingerprint density at radius 3 is 2.54 bits per heavy atom. The third-order valence-electron chi connectivity index (χ3n) is 4.40. The predicted octanol–water partition coefficient (Wildman–Crippen LogP) is 5.32. The monoisotopic (exact) mass is 320 g/mol. The molecule has 0 unspecified atom stereocenters. The first kappa shape index (κ1) is 16.5. The fourth-order valence-corrected chi connectivity index (χ4v) is 2.93. The lowest BCUT2D eigenvalue weighted by Gasteiger charge is -2.17. The van der Waals surface area contributed by atoms with E-state index in [0.717, 1.165) is 53.9 Å². The molecule has 2 aromatic rings. The second-order valence-corrected chi connectivity index (χ2v) is 6.76. The molecule has 1 aliphatic carbocycles. The summed E-state index contributed by atoms with van der Waals surface area (Å²) in [6.45, 7) is 5.13. The molecule has 24 heavy (non-hydrogen) atoms. The molecular weight excluding hydrogens is 296 g/mol. The summed E-state index contributed by atoms with van der Waals surface area (Å²) in [6, 6.07) is 15.9. The number of hydrogen-bond acceptors (Lipinski definition) is 2. The van der Waals surface area contributed by atoms with E-state index < -0.39 is 0 Å². The number of aryl methyl sites for hydroxylation is 1.